The minimum absolute atomic E-state index is 0.210. The van der Waals surface area contributed by atoms with E-state index >= 15 is 0 Å². The third-order valence-corrected chi connectivity index (χ3v) is 3.59. The van der Waals surface area contributed by atoms with Crippen molar-refractivity contribution in [2.75, 3.05) is 13.2 Å². The largest absolute Gasteiger partial charge is 0.493 e. The summed E-state index contributed by atoms with van der Waals surface area (Å²) in [4.78, 5) is 0. The van der Waals surface area contributed by atoms with Crippen molar-refractivity contribution in [1.82, 2.24) is 15.1 Å². The van der Waals surface area contributed by atoms with Crippen LogP contribution >= 0.6 is 11.6 Å². The van der Waals surface area contributed by atoms with Gasteiger partial charge in [-0.25, -0.2) is 0 Å². The summed E-state index contributed by atoms with van der Waals surface area (Å²) in [7, 11) is 1.92. The molecule has 2 aromatic rings. The second kappa shape index (κ2) is 7.48. The van der Waals surface area contributed by atoms with Crippen LogP contribution in [0.15, 0.2) is 30.6 Å². The lowest BCUT2D eigenvalue weighted by Gasteiger charge is -2.18. The van der Waals surface area contributed by atoms with Crippen molar-refractivity contribution in [3.63, 3.8) is 0 Å². The van der Waals surface area contributed by atoms with Gasteiger partial charge < -0.3 is 10.1 Å². The highest BCUT2D eigenvalue weighted by molar-refractivity contribution is 6.30. The van der Waals surface area contributed by atoms with E-state index in [2.05, 4.69) is 24.3 Å². The molecule has 0 aliphatic rings. The Kier molecular flexibility index (Phi) is 5.65. The second-order valence-corrected chi connectivity index (χ2v) is 5.52. The number of ether oxygens (including phenoxy) is 1. The molecule has 0 amide bonds. The Labute approximate surface area is 131 Å². The molecule has 1 heterocycles. The Morgan fingerprint density at radius 2 is 2.24 bits per heavy atom. The highest BCUT2D eigenvalue weighted by Gasteiger charge is 2.11. The van der Waals surface area contributed by atoms with Crippen LogP contribution in [0.5, 0.6) is 5.75 Å². The number of nitrogens with one attached hydrogen (secondary N) is 1. The molecular weight excluding hydrogens is 286 g/mol. The summed E-state index contributed by atoms with van der Waals surface area (Å²) in [6.45, 7) is 5.73. The molecule has 4 nitrogen and oxygen atoms in total. The standard InChI is InChI=1S/C16H22ClN3O/c1-4-18-12(2)15-9-14(17)5-6-16(15)21-8-7-13-10-19-20(3)11-13/h5-6,9-12,18H,4,7-8H2,1-3H3. The number of rotatable bonds is 7. The normalized spacial score (nSPS) is 12.4. The number of aryl methyl sites for hydroxylation is 1. The van der Waals surface area contributed by atoms with Crippen LogP contribution in [-0.2, 0) is 13.5 Å². The third kappa shape index (κ3) is 4.48. The molecule has 1 aromatic heterocycles. The van der Waals surface area contributed by atoms with Gasteiger partial charge in [0, 0.05) is 36.3 Å². The molecule has 1 atom stereocenters. The molecule has 0 saturated carbocycles. The van der Waals surface area contributed by atoms with Crippen molar-refractivity contribution >= 4 is 11.6 Å². The van der Waals surface area contributed by atoms with Gasteiger partial charge in [0.15, 0.2) is 0 Å². The zero-order chi connectivity index (χ0) is 15.2. The van der Waals surface area contributed by atoms with Crippen LogP contribution in [-0.4, -0.2) is 22.9 Å². The maximum absolute atomic E-state index is 6.10. The number of hydrogen-bond donors (Lipinski definition) is 1. The van der Waals surface area contributed by atoms with Crippen LogP contribution in [0.1, 0.15) is 31.0 Å². The number of aromatic nitrogens is 2. The molecule has 0 aliphatic carbocycles. The van der Waals surface area contributed by atoms with Crippen LogP contribution in [0.25, 0.3) is 0 Å². The van der Waals surface area contributed by atoms with E-state index in [1.165, 1.54) is 5.56 Å². The first-order valence-corrected chi connectivity index (χ1v) is 7.61. The van der Waals surface area contributed by atoms with Gasteiger partial charge in [-0.2, -0.15) is 5.10 Å². The lowest BCUT2D eigenvalue weighted by molar-refractivity contribution is 0.315. The number of nitrogens with zero attached hydrogens (tertiary/aromatic N) is 2. The minimum Gasteiger partial charge on any atom is -0.493 e. The van der Waals surface area contributed by atoms with Gasteiger partial charge in [-0.05, 0) is 37.2 Å². The molecule has 0 spiro atoms. The Morgan fingerprint density at radius 3 is 2.90 bits per heavy atom. The van der Waals surface area contributed by atoms with E-state index in [-0.39, 0.29) is 6.04 Å². The summed E-state index contributed by atoms with van der Waals surface area (Å²) in [5.74, 6) is 0.886. The first-order valence-electron chi connectivity index (χ1n) is 7.23. The zero-order valence-electron chi connectivity index (χ0n) is 12.8. The molecule has 2 rings (SSSR count). The first-order chi connectivity index (χ1) is 10.1. The molecule has 0 aliphatic heterocycles. The third-order valence-electron chi connectivity index (χ3n) is 3.36. The van der Waals surface area contributed by atoms with Crippen molar-refractivity contribution < 1.29 is 4.74 Å². The van der Waals surface area contributed by atoms with Gasteiger partial charge in [0.1, 0.15) is 5.75 Å². The number of hydrogen-bond acceptors (Lipinski definition) is 3. The highest BCUT2D eigenvalue weighted by atomic mass is 35.5. The number of halogens is 1. The topological polar surface area (TPSA) is 39.1 Å². The Morgan fingerprint density at radius 1 is 1.43 bits per heavy atom. The Balaban J connectivity index is 2.01. The predicted octanol–water partition coefficient (Wildman–Crippen LogP) is 3.37. The fourth-order valence-corrected chi connectivity index (χ4v) is 2.47. The van der Waals surface area contributed by atoms with Crippen molar-refractivity contribution in [2.24, 2.45) is 7.05 Å². The molecule has 0 saturated heterocycles. The molecule has 1 N–H and O–H groups in total. The van der Waals surface area contributed by atoms with Crippen molar-refractivity contribution in [3.8, 4) is 5.75 Å². The molecule has 0 fully saturated rings. The fraction of sp³-hybridized carbons (Fsp3) is 0.438. The van der Waals surface area contributed by atoms with E-state index in [9.17, 15) is 0 Å². The van der Waals surface area contributed by atoms with Crippen LogP contribution in [0.3, 0.4) is 0 Å². The minimum atomic E-state index is 0.210. The van der Waals surface area contributed by atoms with E-state index in [0.717, 1.165) is 29.3 Å². The summed E-state index contributed by atoms with van der Waals surface area (Å²) in [5.41, 5.74) is 2.27. The van der Waals surface area contributed by atoms with E-state index in [1.54, 1.807) is 4.68 Å². The van der Waals surface area contributed by atoms with Crippen LogP contribution in [0.2, 0.25) is 5.02 Å². The highest BCUT2D eigenvalue weighted by Crippen LogP contribution is 2.28. The van der Waals surface area contributed by atoms with Gasteiger partial charge in [0.2, 0.25) is 0 Å². The maximum atomic E-state index is 6.10. The van der Waals surface area contributed by atoms with Gasteiger partial charge >= 0.3 is 0 Å². The summed E-state index contributed by atoms with van der Waals surface area (Å²) in [6, 6.07) is 5.98. The molecule has 5 heteroatoms. The smallest absolute Gasteiger partial charge is 0.124 e. The van der Waals surface area contributed by atoms with Gasteiger partial charge in [0.25, 0.3) is 0 Å². The van der Waals surface area contributed by atoms with E-state index < -0.39 is 0 Å². The number of benzene rings is 1. The van der Waals surface area contributed by atoms with E-state index in [4.69, 9.17) is 16.3 Å². The monoisotopic (exact) mass is 307 g/mol. The SMILES string of the molecule is CCNC(C)c1cc(Cl)ccc1OCCc1cnn(C)c1. The lowest BCUT2D eigenvalue weighted by Crippen LogP contribution is -2.18. The summed E-state index contributed by atoms with van der Waals surface area (Å²) in [5, 5.41) is 8.28. The average Bonchev–Trinajstić information content (AvgIpc) is 2.86. The summed E-state index contributed by atoms with van der Waals surface area (Å²) in [6.07, 6.45) is 4.71. The Bertz CT molecular complexity index is 583. The molecule has 21 heavy (non-hydrogen) atoms. The molecule has 1 unspecified atom stereocenters. The lowest BCUT2D eigenvalue weighted by atomic mass is 10.1. The summed E-state index contributed by atoms with van der Waals surface area (Å²) >= 11 is 6.10. The van der Waals surface area contributed by atoms with Crippen molar-refractivity contribution in [3.05, 3.63) is 46.7 Å². The van der Waals surface area contributed by atoms with Gasteiger partial charge in [-0.3, -0.25) is 4.68 Å². The fourth-order valence-electron chi connectivity index (χ4n) is 2.29. The van der Waals surface area contributed by atoms with Crippen LogP contribution in [0, 0.1) is 0 Å². The average molecular weight is 308 g/mol. The maximum Gasteiger partial charge on any atom is 0.124 e. The molecule has 0 radical (unpaired) electrons. The molecule has 1 aromatic carbocycles. The molecule has 0 bridgehead atoms. The zero-order valence-corrected chi connectivity index (χ0v) is 13.5. The van der Waals surface area contributed by atoms with Gasteiger partial charge in [0.05, 0.1) is 12.8 Å². The quantitative estimate of drug-likeness (QED) is 0.852. The van der Waals surface area contributed by atoms with Crippen LogP contribution < -0.4 is 10.1 Å². The van der Waals surface area contributed by atoms with Crippen molar-refractivity contribution in [1.29, 1.82) is 0 Å². The van der Waals surface area contributed by atoms with Crippen LogP contribution in [0.4, 0.5) is 0 Å². The molecular formula is C16H22ClN3O. The summed E-state index contributed by atoms with van der Waals surface area (Å²) < 4.78 is 7.74. The van der Waals surface area contributed by atoms with Gasteiger partial charge in [-0.15, -0.1) is 0 Å². The van der Waals surface area contributed by atoms with Gasteiger partial charge in [-0.1, -0.05) is 18.5 Å². The second-order valence-electron chi connectivity index (χ2n) is 5.08. The van der Waals surface area contributed by atoms with E-state index in [0.29, 0.717) is 6.61 Å². The molecule has 114 valence electrons. The van der Waals surface area contributed by atoms with Crippen molar-refractivity contribution in [2.45, 2.75) is 26.3 Å². The first kappa shape index (κ1) is 15.9. The Hall–Kier alpha value is -1.52. The van der Waals surface area contributed by atoms with E-state index in [1.807, 2.05) is 37.6 Å². The predicted molar refractivity (Wildman–Crippen MR) is 86.0 cm³/mol.